The average Bonchev–Trinajstić information content (AvgIpc) is 3.07. The molecule has 2 aliphatic carbocycles. The summed E-state index contributed by atoms with van der Waals surface area (Å²) in [6.07, 6.45) is -5.99. The summed E-state index contributed by atoms with van der Waals surface area (Å²) in [7, 11) is 1.30. The Bertz CT molecular complexity index is 1760. The summed E-state index contributed by atoms with van der Waals surface area (Å²) in [5, 5.41) is 47.6. The minimum Gasteiger partial charge on any atom is -0.507 e. The van der Waals surface area contributed by atoms with Gasteiger partial charge in [0.2, 0.25) is 17.5 Å². The Morgan fingerprint density at radius 1 is 1.06 bits per heavy atom. The van der Waals surface area contributed by atoms with Crippen LogP contribution in [-0.4, -0.2) is 106 Å². The van der Waals surface area contributed by atoms with Crippen molar-refractivity contribution in [3.8, 4) is 17.2 Å². The summed E-state index contributed by atoms with van der Waals surface area (Å²) in [6.45, 7) is 1.26. The molecule has 2 aromatic carbocycles. The number of aliphatic hydroxyl groups excluding tert-OH is 1. The summed E-state index contributed by atoms with van der Waals surface area (Å²) < 4.78 is 22.2. The Hall–Kier alpha value is -4.74. The molecule has 2 aromatic rings. The maximum absolute atomic E-state index is 13.9. The quantitative estimate of drug-likeness (QED) is 0.114. The standard InChI is InChI=1S/C34H38N2O14/c1-14(37)7-8-22(39)36-12-23(40)48-13-21(38)34(46)10-17-26(20(11-34)50-24-9-18(35)29(41)15(2)49-24)33(45)28-27(31(17)43)30(42)16-5-4-6-19(47-3)25(16)32(28)44/h4-6,15,18,20,24,29,41,43,45-46H,7-13,35H2,1-3H3,(H,36,39)/t15?,18?,20-,24?,29?,34?/m0/s1. The maximum Gasteiger partial charge on any atom is 0.325 e. The normalized spacial score (nSPS) is 25.5. The molecule has 1 amide bonds. The molecule has 0 bridgehead atoms. The number of benzene rings is 2. The molecule has 6 atom stereocenters. The molecule has 0 radical (unpaired) electrons. The van der Waals surface area contributed by atoms with Gasteiger partial charge >= 0.3 is 5.97 Å². The largest absolute Gasteiger partial charge is 0.507 e. The van der Waals surface area contributed by atoms with Gasteiger partial charge in [-0.25, -0.2) is 0 Å². The molecule has 3 aliphatic rings. The Morgan fingerprint density at radius 2 is 1.76 bits per heavy atom. The number of phenolic OH excluding ortho intramolecular Hbond substituents is 2. The van der Waals surface area contributed by atoms with E-state index in [0.717, 1.165) is 0 Å². The van der Waals surface area contributed by atoms with Crippen LogP contribution in [0, 0.1) is 0 Å². The lowest BCUT2D eigenvalue weighted by Crippen LogP contribution is -2.53. The molecule has 5 rings (SSSR count). The van der Waals surface area contributed by atoms with E-state index in [-0.39, 0.29) is 53.0 Å². The second kappa shape index (κ2) is 14.2. The lowest BCUT2D eigenvalue weighted by molar-refractivity contribution is -0.247. The van der Waals surface area contributed by atoms with Crippen molar-refractivity contribution in [2.45, 2.75) is 82.2 Å². The summed E-state index contributed by atoms with van der Waals surface area (Å²) in [4.78, 5) is 76.3. The van der Waals surface area contributed by atoms with E-state index in [9.17, 15) is 49.2 Å². The number of Topliss-reactive ketones (excluding diaryl/α,β-unsaturated/α-hetero) is 2. The number of aliphatic hydroxyl groups is 2. The average molecular weight is 699 g/mol. The molecule has 7 N–H and O–H groups in total. The number of hydrogen-bond acceptors (Lipinski definition) is 15. The minimum absolute atomic E-state index is 0.0273. The van der Waals surface area contributed by atoms with E-state index in [0.29, 0.717) is 0 Å². The number of rotatable bonds is 11. The molecule has 1 saturated heterocycles. The van der Waals surface area contributed by atoms with E-state index in [2.05, 4.69) is 5.32 Å². The SMILES string of the molecule is COc1cccc2c1C(=O)c1c(O)c3c(c(O)c1C2=O)CC(O)(C(=O)COC(=O)CNC(=O)CCC(C)=O)C[C@@H]3OC1CC(N)C(O)C(C)O1. The van der Waals surface area contributed by atoms with Crippen molar-refractivity contribution in [3.63, 3.8) is 0 Å². The van der Waals surface area contributed by atoms with E-state index in [1.807, 2.05) is 0 Å². The molecular weight excluding hydrogens is 660 g/mol. The van der Waals surface area contributed by atoms with Crippen molar-refractivity contribution in [1.29, 1.82) is 0 Å². The zero-order valence-corrected chi connectivity index (χ0v) is 27.5. The fraction of sp³-hybridized carbons (Fsp3) is 0.471. The maximum atomic E-state index is 13.9. The van der Waals surface area contributed by atoms with Crippen LogP contribution in [0.2, 0.25) is 0 Å². The van der Waals surface area contributed by atoms with E-state index in [4.69, 9.17) is 24.7 Å². The van der Waals surface area contributed by atoms with Crippen molar-refractivity contribution in [3.05, 3.63) is 51.6 Å². The van der Waals surface area contributed by atoms with Gasteiger partial charge in [-0.3, -0.25) is 24.0 Å². The predicted molar refractivity (Wildman–Crippen MR) is 169 cm³/mol. The third-order valence-electron chi connectivity index (χ3n) is 9.16. The fourth-order valence-electron chi connectivity index (χ4n) is 6.48. The number of phenols is 2. The van der Waals surface area contributed by atoms with Gasteiger partial charge < -0.3 is 55.2 Å². The fourth-order valence-corrected chi connectivity index (χ4v) is 6.48. The minimum atomic E-state index is -2.42. The van der Waals surface area contributed by atoms with Crippen LogP contribution in [0.3, 0.4) is 0 Å². The number of methoxy groups -OCH3 is 1. The van der Waals surface area contributed by atoms with Crippen molar-refractivity contribution >= 4 is 35.0 Å². The lowest BCUT2D eigenvalue weighted by atomic mass is 9.72. The first-order chi connectivity index (χ1) is 23.6. The zero-order chi connectivity index (χ0) is 36.7. The van der Waals surface area contributed by atoms with Gasteiger partial charge in [-0.1, -0.05) is 12.1 Å². The number of carbonyl (C=O) groups excluding carboxylic acids is 6. The highest BCUT2D eigenvalue weighted by molar-refractivity contribution is 6.31. The number of amides is 1. The molecule has 1 aliphatic heterocycles. The molecule has 5 unspecified atom stereocenters. The van der Waals surface area contributed by atoms with Crippen molar-refractivity contribution in [2.75, 3.05) is 20.3 Å². The van der Waals surface area contributed by atoms with Crippen LogP contribution in [0.4, 0.5) is 0 Å². The van der Waals surface area contributed by atoms with Crippen LogP contribution in [0.1, 0.15) is 88.6 Å². The predicted octanol–water partition coefficient (Wildman–Crippen LogP) is 0.0376. The number of fused-ring (bicyclic) bond motifs is 3. The van der Waals surface area contributed by atoms with Crippen LogP contribution in [-0.2, 0) is 39.8 Å². The molecule has 1 fully saturated rings. The highest BCUT2D eigenvalue weighted by atomic mass is 16.7. The van der Waals surface area contributed by atoms with Gasteiger partial charge in [0.1, 0.15) is 35.2 Å². The number of nitrogens with one attached hydrogen (secondary N) is 1. The van der Waals surface area contributed by atoms with Crippen LogP contribution in [0.25, 0.3) is 0 Å². The topological polar surface area (TPSA) is 258 Å². The Kier molecular flexibility index (Phi) is 10.4. The van der Waals surface area contributed by atoms with E-state index in [1.54, 1.807) is 6.92 Å². The zero-order valence-electron chi connectivity index (χ0n) is 27.5. The lowest BCUT2D eigenvalue weighted by Gasteiger charge is -2.42. The summed E-state index contributed by atoms with van der Waals surface area (Å²) in [5.41, 5.74) is 1.84. The number of carbonyl (C=O) groups is 6. The summed E-state index contributed by atoms with van der Waals surface area (Å²) in [5.74, 6) is -6.00. The van der Waals surface area contributed by atoms with Crippen molar-refractivity contribution in [2.24, 2.45) is 5.73 Å². The highest BCUT2D eigenvalue weighted by Gasteiger charge is 2.50. The second-order valence-corrected chi connectivity index (χ2v) is 12.6. The van der Waals surface area contributed by atoms with Crippen molar-refractivity contribution < 1.29 is 68.1 Å². The first kappa shape index (κ1) is 36.5. The number of aromatic hydroxyl groups is 2. The number of nitrogens with two attached hydrogens (primary N) is 1. The van der Waals surface area contributed by atoms with E-state index >= 15 is 0 Å². The molecule has 16 nitrogen and oxygen atoms in total. The third-order valence-corrected chi connectivity index (χ3v) is 9.16. The van der Waals surface area contributed by atoms with Gasteiger partial charge in [-0.05, 0) is 19.9 Å². The second-order valence-electron chi connectivity index (χ2n) is 12.6. The van der Waals surface area contributed by atoms with Crippen LogP contribution in [0.5, 0.6) is 17.2 Å². The molecule has 50 heavy (non-hydrogen) atoms. The van der Waals surface area contributed by atoms with Gasteiger partial charge in [-0.15, -0.1) is 0 Å². The van der Waals surface area contributed by atoms with Crippen LogP contribution < -0.4 is 15.8 Å². The third kappa shape index (κ3) is 6.84. The number of hydrogen-bond donors (Lipinski definition) is 6. The first-order valence-electron chi connectivity index (χ1n) is 15.9. The van der Waals surface area contributed by atoms with E-state index < -0.39 is 114 Å². The molecule has 0 saturated carbocycles. The highest BCUT2D eigenvalue weighted by Crippen LogP contribution is 2.52. The molecule has 16 heteroatoms. The molecule has 0 spiro atoms. The molecule has 1 heterocycles. The monoisotopic (exact) mass is 698 g/mol. The van der Waals surface area contributed by atoms with Gasteiger partial charge in [0.25, 0.3) is 0 Å². The van der Waals surface area contributed by atoms with Gasteiger partial charge in [0.05, 0.1) is 42.1 Å². The van der Waals surface area contributed by atoms with Gasteiger partial charge in [0.15, 0.2) is 18.7 Å². The Labute approximate surface area is 285 Å². The Balaban J connectivity index is 1.49. The van der Waals surface area contributed by atoms with Crippen LogP contribution in [0.15, 0.2) is 18.2 Å². The van der Waals surface area contributed by atoms with Gasteiger partial charge in [0, 0.05) is 54.8 Å². The van der Waals surface area contributed by atoms with Crippen LogP contribution >= 0.6 is 0 Å². The first-order valence-corrected chi connectivity index (χ1v) is 15.9. The number of ether oxygens (including phenoxy) is 4. The number of esters is 1. The smallest absolute Gasteiger partial charge is 0.325 e. The molecule has 0 aromatic heterocycles. The molecular formula is C34H38N2O14. The summed E-state index contributed by atoms with van der Waals surface area (Å²) in [6, 6.07) is 3.47. The van der Waals surface area contributed by atoms with Crippen molar-refractivity contribution in [1.82, 2.24) is 5.32 Å². The molecule has 268 valence electrons. The number of ketones is 4. The summed E-state index contributed by atoms with van der Waals surface area (Å²) >= 11 is 0. The van der Waals surface area contributed by atoms with Gasteiger partial charge in [-0.2, -0.15) is 0 Å². The van der Waals surface area contributed by atoms with E-state index in [1.165, 1.54) is 32.2 Å². The Morgan fingerprint density at radius 3 is 2.42 bits per heavy atom.